The van der Waals surface area contributed by atoms with Gasteiger partial charge in [-0.15, -0.1) is 0 Å². The number of methoxy groups -OCH3 is 1. The minimum absolute atomic E-state index is 0.0741. The number of benzene rings is 2. The number of rotatable bonds is 5. The third-order valence-corrected chi connectivity index (χ3v) is 3.94. The molecular formula is C17H19ClFNO. The Morgan fingerprint density at radius 3 is 2.67 bits per heavy atom. The lowest BCUT2D eigenvalue weighted by molar-refractivity contribution is 0.400. The highest BCUT2D eigenvalue weighted by Crippen LogP contribution is 2.31. The first-order valence-corrected chi connectivity index (χ1v) is 7.19. The average molecular weight is 308 g/mol. The van der Waals surface area contributed by atoms with Crippen LogP contribution in [0, 0.1) is 12.7 Å². The van der Waals surface area contributed by atoms with Gasteiger partial charge in [-0.25, -0.2) is 4.39 Å². The molecule has 1 N–H and O–H groups in total. The van der Waals surface area contributed by atoms with Gasteiger partial charge in [0.2, 0.25) is 0 Å². The van der Waals surface area contributed by atoms with E-state index in [0.717, 1.165) is 16.9 Å². The highest BCUT2D eigenvalue weighted by atomic mass is 35.5. The van der Waals surface area contributed by atoms with Crippen LogP contribution in [0.5, 0.6) is 5.75 Å². The molecule has 0 saturated heterocycles. The number of hydrogen-bond acceptors (Lipinski definition) is 2. The van der Waals surface area contributed by atoms with Gasteiger partial charge >= 0.3 is 0 Å². The first-order chi connectivity index (χ1) is 10.1. The van der Waals surface area contributed by atoms with Crippen molar-refractivity contribution in [1.82, 2.24) is 5.32 Å². The number of nitrogens with one attached hydrogen (secondary N) is 1. The number of ether oxygens (including phenoxy) is 1. The molecule has 2 aromatic carbocycles. The van der Waals surface area contributed by atoms with Crippen LogP contribution in [0.2, 0.25) is 5.02 Å². The molecule has 0 aliphatic rings. The summed E-state index contributed by atoms with van der Waals surface area (Å²) < 4.78 is 19.4. The Bertz CT molecular complexity index is 610. The summed E-state index contributed by atoms with van der Waals surface area (Å²) in [6, 6.07) is 10.7. The van der Waals surface area contributed by atoms with Crippen LogP contribution in [-0.4, -0.2) is 14.2 Å². The number of aryl methyl sites for hydroxylation is 1. The van der Waals surface area contributed by atoms with Crippen LogP contribution in [0.1, 0.15) is 22.7 Å². The zero-order chi connectivity index (χ0) is 15.4. The van der Waals surface area contributed by atoms with E-state index in [4.69, 9.17) is 16.3 Å². The molecule has 0 aliphatic heterocycles. The maximum Gasteiger partial charge on any atom is 0.127 e. The van der Waals surface area contributed by atoms with E-state index in [-0.39, 0.29) is 11.9 Å². The molecule has 0 saturated carbocycles. The van der Waals surface area contributed by atoms with Crippen molar-refractivity contribution in [2.24, 2.45) is 0 Å². The summed E-state index contributed by atoms with van der Waals surface area (Å²) in [5.74, 6) is 0.510. The van der Waals surface area contributed by atoms with E-state index in [1.54, 1.807) is 19.2 Å². The standard InChI is InChI=1S/C17H19ClFNO/c1-11-7-8-12(17(9-11)21-3)16(20-2)10-13-14(18)5-4-6-15(13)19/h4-9,16,20H,10H2,1-3H3. The van der Waals surface area contributed by atoms with Crippen molar-refractivity contribution in [3.05, 3.63) is 63.9 Å². The predicted octanol–water partition coefficient (Wildman–Crippen LogP) is 4.30. The molecule has 0 heterocycles. The molecule has 0 amide bonds. The molecule has 1 atom stereocenters. The van der Waals surface area contributed by atoms with Gasteiger partial charge in [0.1, 0.15) is 11.6 Å². The van der Waals surface area contributed by atoms with E-state index < -0.39 is 0 Å². The maximum absolute atomic E-state index is 14.0. The van der Waals surface area contributed by atoms with Crippen molar-refractivity contribution < 1.29 is 9.13 Å². The first kappa shape index (κ1) is 15.8. The normalized spacial score (nSPS) is 12.2. The van der Waals surface area contributed by atoms with Gasteiger partial charge in [-0.1, -0.05) is 29.8 Å². The van der Waals surface area contributed by atoms with Crippen molar-refractivity contribution in [1.29, 1.82) is 0 Å². The Labute approximate surface area is 129 Å². The van der Waals surface area contributed by atoms with Crippen LogP contribution < -0.4 is 10.1 Å². The van der Waals surface area contributed by atoms with Gasteiger partial charge in [0, 0.05) is 22.2 Å². The fourth-order valence-corrected chi connectivity index (χ4v) is 2.65. The van der Waals surface area contributed by atoms with Crippen LogP contribution in [0.15, 0.2) is 36.4 Å². The van der Waals surface area contributed by atoms with Crippen molar-refractivity contribution >= 4 is 11.6 Å². The van der Waals surface area contributed by atoms with Crippen molar-refractivity contribution in [3.8, 4) is 5.75 Å². The first-order valence-electron chi connectivity index (χ1n) is 6.81. The van der Waals surface area contributed by atoms with Crippen molar-refractivity contribution in [2.75, 3.05) is 14.2 Å². The minimum atomic E-state index is -0.283. The summed E-state index contributed by atoms with van der Waals surface area (Å²) in [7, 11) is 3.49. The highest BCUT2D eigenvalue weighted by molar-refractivity contribution is 6.31. The monoisotopic (exact) mass is 307 g/mol. The fraction of sp³-hybridized carbons (Fsp3) is 0.294. The van der Waals surface area contributed by atoms with E-state index in [1.807, 2.05) is 32.2 Å². The molecule has 2 aromatic rings. The number of likely N-dealkylation sites (N-methyl/N-ethyl adjacent to an activating group) is 1. The maximum atomic E-state index is 14.0. The van der Waals surface area contributed by atoms with E-state index >= 15 is 0 Å². The third-order valence-electron chi connectivity index (χ3n) is 3.58. The summed E-state index contributed by atoms with van der Waals surface area (Å²) >= 11 is 6.12. The van der Waals surface area contributed by atoms with Gasteiger partial charge in [0.15, 0.2) is 0 Å². The summed E-state index contributed by atoms with van der Waals surface area (Å²) in [6.45, 7) is 2.01. The molecule has 4 heteroatoms. The lowest BCUT2D eigenvalue weighted by Crippen LogP contribution is -2.20. The minimum Gasteiger partial charge on any atom is -0.496 e. The van der Waals surface area contributed by atoms with Crippen molar-refractivity contribution in [3.63, 3.8) is 0 Å². The SMILES string of the molecule is CNC(Cc1c(F)cccc1Cl)c1ccc(C)cc1OC. The molecule has 0 bridgehead atoms. The molecule has 112 valence electrons. The van der Waals surface area contributed by atoms with Crippen LogP contribution in [0.3, 0.4) is 0 Å². The largest absolute Gasteiger partial charge is 0.496 e. The quantitative estimate of drug-likeness (QED) is 0.889. The zero-order valence-electron chi connectivity index (χ0n) is 12.4. The molecular weight excluding hydrogens is 289 g/mol. The molecule has 0 aliphatic carbocycles. The van der Waals surface area contributed by atoms with Crippen LogP contribution >= 0.6 is 11.6 Å². The van der Waals surface area contributed by atoms with Gasteiger partial charge in [-0.3, -0.25) is 0 Å². The zero-order valence-corrected chi connectivity index (χ0v) is 13.2. The van der Waals surface area contributed by atoms with Gasteiger partial charge in [0.25, 0.3) is 0 Å². The predicted molar refractivity (Wildman–Crippen MR) is 84.6 cm³/mol. The molecule has 2 rings (SSSR count). The molecule has 0 aromatic heterocycles. The van der Waals surface area contributed by atoms with E-state index in [2.05, 4.69) is 5.32 Å². The molecule has 0 fully saturated rings. The van der Waals surface area contributed by atoms with Crippen LogP contribution in [-0.2, 0) is 6.42 Å². The molecule has 2 nitrogen and oxygen atoms in total. The number of halogens is 2. The fourth-order valence-electron chi connectivity index (χ4n) is 2.41. The lowest BCUT2D eigenvalue weighted by Gasteiger charge is -2.20. The molecule has 0 spiro atoms. The van der Waals surface area contributed by atoms with E-state index in [0.29, 0.717) is 17.0 Å². The van der Waals surface area contributed by atoms with Crippen molar-refractivity contribution in [2.45, 2.75) is 19.4 Å². The van der Waals surface area contributed by atoms with Crippen LogP contribution in [0.4, 0.5) is 4.39 Å². The van der Waals surface area contributed by atoms with E-state index in [1.165, 1.54) is 6.07 Å². The summed E-state index contributed by atoms with van der Waals surface area (Å²) in [6.07, 6.45) is 0.460. The van der Waals surface area contributed by atoms with Gasteiger partial charge < -0.3 is 10.1 Å². The average Bonchev–Trinajstić information content (AvgIpc) is 2.47. The molecule has 21 heavy (non-hydrogen) atoms. The Morgan fingerprint density at radius 1 is 1.29 bits per heavy atom. The van der Waals surface area contributed by atoms with Gasteiger partial charge in [0.05, 0.1) is 7.11 Å². The summed E-state index contributed by atoms with van der Waals surface area (Å²) in [5.41, 5.74) is 2.63. The summed E-state index contributed by atoms with van der Waals surface area (Å²) in [4.78, 5) is 0. The Kier molecular flexibility index (Phi) is 5.21. The Morgan fingerprint density at radius 2 is 2.05 bits per heavy atom. The Hall–Kier alpha value is -1.58. The molecule has 0 radical (unpaired) electrons. The second kappa shape index (κ2) is 6.92. The molecule has 1 unspecified atom stereocenters. The summed E-state index contributed by atoms with van der Waals surface area (Å²) in [5, 5.41) is 3.66. The smallest absolute Gasteiger partial charge is 0.127 e. The highest BCUT2D eigenvalue weighted by Gasteiger charge is 2.18. The third kappa shape index (κ3) is 3.55. The lowest BCUT2D eigenvalue weighted by atomic mass is 9.97. The van der Waals surface area contributed by atoms with Gasteiger partial charge in [-0.05, 0) is 44.2 Å². The van der Waals surface area contributed by atoms with Gasteiger partial charge in [-0.2, -0.15) is 0 Å². The topological polar surface area (TPSA) is 21.3 Å². The second-order valence-corrected chi connectivity index (χ2v) is 5.40. The number of hydrogen-bond donors (Lipinski definition) is 1. The second-order valence-electron chi connectivity index (χ2n) is 4.99. The Balaban J connectivity index is 2.37. The van der Waals surface area contributed by atoms with E-state index in [9.17, 15) is 4.39 Å². The van der Waals surface area contributed by atoms with Crippen LogP contribution in [0.25, 0.3) is 0 Å².